The summed E-state index contributed by atoms with van der Waals surface area (Å²) in [4.78, 5) is 17.4. The highest BCUT2D eigenvalue weighted by Crippen LogP contribution is 2.27. The van der Waals surface area contributed by atoms with Crippen molar-refractivity contribution in [2.75, 3.05) is 31.1 Å². The van der Waals surface area contributed by atoms with Crippen molar-refractivity contribution in [3.63, 3.8) is 0 Å². The molecule has 0 bridgehead atoms. The maximum absolute atomic E-state index is 13.8. The van der Waals surface area contributed by atoms with Gasteiger partial charge in [-0.1, -0.05) is 6.07 Å². The SMILES string of the molecule is Cc1ccc(C(=O)N2CCN(c3c(F)c(F)nc(F)c3F)CC2)cc1F. The van der Waals surface area contributed by atoms with Gasteiger partial charge in [0.05, 0.1) is 0 Å². The first-order valence-electron chi connectivity index (χ1n) is 7.80. The highest BCUT2D eigenvalue weighted by Gasteiger charge is 2.29. The van der Waals surface area contributed by atoms with Crippen LogP contribution in [0, 0.1) is 36.3 Å². The van der Waals surface area contributed by atoms with Gasteiger partial charge in [0.1, 0.15) is 11.5 Å². The number of aryl methyl sites for hydroxylation is 1. The molecule has 138 valence electrons. The molecule has 9 heteroatoms. The van der Waals surface area contributed by atoms with E-state index >= 15 is 0 Å². The van der Waals surface area contributed by atoms with Gasteiger partial charge in [0.25, 0.3) is 17.8 Å². The molecule has 1 aliphatic rings. The smallest absolute Gasteiger partial charge is 0.254 e. The number of halogens is 5. The van der Waals surface area contributed by atoms with E-state index in [9.17, 15) is 26.7 Å². The van der Waals surface area contributed by atoms with E-state index in [2.05, 4.69) is 4.98 Å². The molecule has 26 heavy (non-hydrogen) atoms. The summed E-state index contributed by atoms with van der Waals surface area (Å²) in [5.41, 5.74) is -0.289. The molecule has 2 aromatic rings. The number of amides is 1. The predicted molar refractivity (Wildman–Crippen MR) is 83.3 cm³/mol. The second kappa shape index (κ2) is 6.89. The van der Waals surface area contributed by atoms with Crippen LogP contribution in [0.25, 0.3) is 0 Å². The van der Waals surface area contributed by atoms with Gasteiger partial charge in [0, 0.05) is 31.7 Å². The van der Waals surface area contributed by atoms with Crippen LogP contribution in [0.2, 0.25) is 0 Å². The molecule has 0 N–H and O–H groups in total. The van der Waals surface area contributed by atoms with Gasteiger partial charge in [-0.2, -0.15) is 22.5 Å². The summed E-state index contributed by atoms with van der Waals surface area (Å²) in [6.07, 6.45) is 0. The fourth-order valence-corrected chi connectivity index (χ4v) is 2.80. The molecule has 0 aliphatic carbocycles. The van der Waals surface area contributed by atoms with Crippen LogP contribution in [0.5, 0.6) is 0 Å². The van der Waals surface area contributed by atoms with Gasteiger partial charge in [0.2, 0.25) is 11.6 Å². The number of anilines is 1. The van der Waals surface area contributed by atoms with Crippen LogP contribution in [0.4, 0.5) is 27.6 Å². The zero-order valence-corrected chi connectivity index (χ0v) is 13.7. The van der Waals surface area contributed by atoms with Crippen molar-refractivity contribution in [2.45, 2.75) is 6.92 Å². The Hall–Kier alpha value is -2.71. The zero-order chi connectivity index (χ0) is 19.0. The molecule has 1 saturated heterocycles. The summed E-state index contributed by atoms with van der Waals surface area (Å²) in [5.74, 6) is -7.56. The maximum atomic E-state index is 13.8. The fourth-order valence-electron chi connectivity index (χ4n) is 2.80. The molecule has 1 amide bonds. The van der Waals surface area contributed by atoms with Crippen molar-refractivity contribution in [2.24, 2.45) is 0 Å². The standard InChI is InChI=1S/C17H14F5N3O/c1-9-2-3-10(8-11(9)18)17(26)25-6-4-24(5-7-25)14-12(19)15(21)23-16(22)13(14)20/h2-3,8H,4-7H2,1H3. The van der Waals surface area contributed by atoms with Crippen LogP contribution in [-0.2, 0) is 0 Å². The molecule has 0 radical (unpaired) electrons. The van der Waals surface area contributed by atoms with Gasteiger partial charge in [-0.15, -0.1) is 0 Å². The van der Waals surface area contributed by atoms with E-state index in [1.165, 1.54) is 17.0 Å². The Labute approximate surface area is 145 Å². The zero-order valence-electron chi connectivity index (χ0n) is 13.7. The number of carbonyl (C=O) groups is 1. The maximum Gasteiger partial charge on any atom is 0.254 e. The predicted octanol–water partition coefficient (Wildman–Crippen LogP) is 3.05. The van der Waals surface area contributed by atoms with Gasteiger partial charge in [-0.25, -0.2) is 4.39 Å². The highest BCUT2D eigenvalue weighted by atomic mass is 19.2. The average Bonchev–Trinajstić information content (AvgIpc) is 2.62. The monoisotopic (exact) mass is 371 g/mol. The molecule has 4 nitrogen and oxygen atoms in total. The molecule has 1 aromatic carbocycles. The lowest BCUT2D eigenvalue weighted by molar-refractivity contribution is 0.0745. The number of rotatable bonds is 2. The third kappa shape index (κ3) is 3.21. The molecule has 2 heterocycles. The number of aromatic nitrogens is 1. The van der Waals surface area contributed by atoms with E-state index in [1.54, 1.807) is 6.92 Å². The van der Waals surface area contributed by atoms with Crippen LogP contribution in [0.15, 0.2) is 18.2 Å². The molecule has 1 aliphatic heterocycles. The lowest BCUT2D eigenvalue weighted by Gasteiger charge is -2.36. The van der Waals surface area contributed by atoms with Gasteiger partial charge >= 0.3 is 0 Å². The number of carbonyl (C=O) groups excluding carboxylic acids is 1. The molecule has 0 atom stereocenters. The van der Waals surface area contributed by atoms with E-state index < -0.39 is 40.9 Å². The van der Waals surface area contributed by atoms with Crippen LogP contribution in [-0.4, -0.2) is 42.0 Å². The van der Waals surface area contributed by atoms with E-state index in [4.69, 9.17) is 0 Å². The van der Waals surface area contributed by atoms with Crippen molar-refractivity contribution in [1.82, 2.24) is 9.88 Å². The Morgan fingerprint density at radius 1 is 0.962 bits per heavy atom. The van der Waals surface area contributed by atoms with E-state index in [-0.39, 0.29) is 31.7 Å². The van der Waals surface area contributed by atoms with Crippen LogP contribution in [0.1, 0.15) is 15.9 Å². The first kappa shape index (κ1) is 18.1. The molecule has 0 spiro atoms. The van der Waals surface area contributed by atoms with Crippen LogP contribution < -0.4 is 4.90 Å². The van der Waals surface area contributed by atoms with Crippen molar-refractivity contribution >= 4 is 11.6 Å². The van der Waals surface area contributed by atoms with Crippen molar-refractivity contribution in [3.8, 4) is 0 Å². The fraction of sp³-hybridized carbons (Fsp3) is 0.294. The minimum atomic E-state index is -1.73. The third-order valence-electron chi connectivity index (χ3n) is 4.28. The van der Waals surface area contributed by atoms with Gasteiger partial charge < -0.3 is 9.80 Å². The molecule has 1 aromatic heterocycles. The summed E-state index contributed by atoms with van der Waals surface area (Å²) >= 11 is 0. The number of pyridine rings is 1. The topological polar surface area (TPSA) is 36.4 Å². The molecule has 3 rings (SSSR count). The number of hydrogen-bond acceptors (Lipinski definition) is 3. The lowest BCUT2D eigenvalue weighted by atomic mass is 10.1. The van der Waals surface area contributed by atoms with E-state index in [1.807, 2.05) is 0 Å². The quantitative estimate of drug-likeness (QED) is 0.602. The molecule has 1 fully saturated rings. The average molecular weight is 371 g/mol. The van der Waals surface area contributed by atoms with E-state index in [0.717, 1.165) is 11.0 Å². The molecule has 0 saturated carbocycles. The second-order valence-corrected chi connectivity index (χ2v) is 5.91. The number of nitrogens with zero attached hydrogens (tertiary/aromatic N) is 3. The number of benzene rings is 1. The Bertz CT molecular complexity index is 840. The Morgan fingerprint density at radius 2 is 1.54 bits per heavy atom. The Morgan fingerprint density at radius 3 is 2.08 bits per heavy atom. The minimum Gasteiger partial charge on any atom is -0.363 e. The minimum absolute atomic E-state index is 0.0448. The lowest BCUT2D eigenvalue weighted by Crippen LogP contribution is -2.49. The van der Waals surface area contributed by atoms with Crippen LogP contribution in [0.3, 0.4) is 0 Å². The molecule has 0 unspecified atom stereocenters. The highest BCUT2D eigenvalue weighted by molar-refractivity contribution is 5.94. The third-order valence-corrected chi connectivity index (χ3v) is 4.28. The number of hydrogen-bond donors (Lipinski definition) is 0. The summed E-state index contributed by atoms with van der Waals surface area (Å²) in [5, 5.41) is 0. The molecular weight excluding hydrogens is 357 g/mol. The van der Waals surface area contributed by atoms with Crippen molar-refractivity contribution in [1.29, 1.82) is 0 Å². The van der Waals surface area contributed by atoms with Crippen molar-refractivity contribution in [3.05, 3.63) is 58.7 Å². The number of piperazine rings is 1. The first-order valence-corrected chi connectivity index (χ1v) is 7.80. The second-order valence-electron chi connectivity index (χ2n) is 5.91. The Balaban J connectivity index is 1.76. The van der Waals surface area contributed by atoms with Gasteiger partial charge in [-0.05, 0) is 24.6 Å². The normalized spacial score (nSPS) is 14.7. The summed E-state index contributed by atoms with van der Waals surface area (Å²) in [6, 6.07) is 4.09. The molecular formula is C17H14F5N3O. The largest absolute Gasteiger partial charge is 0.363 e. The Kier molecular flexibility index (Phi) is 4.80. The van der Waals surface area contributed by atoms with E-state index in [0.29, 0.717) is 5.56 Å². The summed E-state index contributed by atoms with van der Waals surface area (Å²) in [7, 11) is 0. The van der Waals surface area contributed by atoms with Crippen LogP contribution >= 0.6 is 0 Å². The summed E-state index contributed by atoms with van der Waals surface area (Å²) in [6.45, 7) is 1.59. The van der Waals surface area contributed by atoms with Gasteiger partial charge in [0.15, 0.2) is 0 Å². The van der Waals surface area contributed by atoms with Crippen molar-refractivity contribution < 1.29 is 26.7 Å². The van der Waals surface area contributed by atoms with Gasteiger partial charge in [-0.3, -0.25) is 4.79 Å². The first-order chi connectivity index (χ1) is 12.3. The summed E-state index contributed by atoms with van der Waals surface area (Å²) < 4.78 is 67.8.